The van der Waals surface area contributed by atoms with Crippen LogP contribution in [0.3, 0.4) is 0 Å². The molecule has 0 aliphatic heterocycles. The predicted octanol–water partition coefficient (Wildman–Crippen LogP) is 3.58. The first-order valence-electron chi connectivity index (χ1n) is 10.1. The molecule has 2 aromatic carbocycles. The number of aromatic amines is 1. The zero-order chi connectivity index (χ0) is 20.9. The molecule has 30 heavy (non-hydrogen) atoms. The fraction of sp³-hybridized carbons (Fsp3) is 0.208. The monoisotopic (exact) mass is 400 g/mol. The van der Waals surface area contributed by atoms with Crippen LogP contribution in [0.25, 0.3) is 21.8 Å². The van der Waals surface area contributed by atoms with E-state index in [-0.39, 0.29) is 17.5 Å². The van der Waals surface area contributed by atoms with E-state index < -0.39 is 6.04 Å². The number of rotatable bonds is 7. The number of pyridine rings is 1. The zero-order valence-electron chi connectivity index (χ0n) is 16.8. The fourth-order valence-electron chi connectivity index (χ4n) is 3.51. The Balaban J connectivity index is 1.33. The molecule has 2 aromatic heterocycles. The van der Waals surface area contributed by atoms with E-state index in [0.717, 1.165) is 34.6 Å². The molecular formula is C24H24N4O2. The van der Waals surface area contributed by atoms with Crippen molar-refractivity contribution in [2.75, 3.05) is 6.54 Å². The van der Waals surface area contributed by atoms with Gasteiger partial charge in [0, 0.05) is 22.8 Å². The lowest BCUT2D eigenvalue weighted by molar-refractivity contribution is -0.122. The highest BCUT2D eigenvalue weighted by molar-refractivity contribution is 6.09. The minimum absolute atomic E-state index is 0.204. The molecule has 0 fully saturated rings. The van der Waals surface area contributed by atoms with E-state index in [1.807, 2.05) is 42.5 Å². The maximum absolute atomic E-state index is 12.6. The summed E-state index contributed by atoms with van der Waals surface area (Å²) >= 11 is 0. The summed E-state index contributed by atoms with van der Waals surface area (Å²) in [6.45, 7) is 2.24. The second-order valence-electron chi connectivity index (χ2n) is 7.36. The van der Waals surface area contributed by atoms with E-state index in [1.54, 1.807) is 19.2 Å². The lowest BCUT2D eigenvalue weighted by Gasteiger charge is -2.14. The summed E-state index contributed by atoms with van der Waals surface area (Å²) < 4.78 is 0. The number of hydrogen-bond acceptors (Lipinski definition) is 3. The van der Waals surface area contributed by atoms with Crippen molar-refractivity contribution in [3.63, 3.8) is 0 Å². The summed E-state index contributed by atoms with van der Waals surface area (Å²) in [5.74, 6) is -0.571. The summed E-state index contributed by atoms with van der Waals surface area (Å²) in [5, 5.41) is 7.59. The summed E-state index contributed by atoms with van der Waals surface area (Å²) in [6.07, 6.45) is 3.39. The van der Waals surface area contributed by atoms with Crippen molar-refractivity contribution >= 4 is 33.6 Å². The number of aromatic nitrogens is 2. The maximum atomic E-state index is 12.6. The van der Waals surface area contributed by atoms with Gasteiger partial charge in [0.25, 0.3) is 5.91 Å². The van der Waals surface area contributed by atoms with Gasteiger partial charge in [0.2, 0.25) is 5.91 Å². The minimum Gasteiger partial charge on any atom is -0.354 e. The second-order valence-corrected chi connectivity index (χ2v) is 7.36. The van der Waals surface area contributed by atoms with Gasteiger partial charge in [-0.15, -0.1) is 0 Å². The molecule has 6 heteroatoms. The Hall–Kier alpha value is -3.67. The van der Waals surface area contributed by atoms with Crippen molar-refractivity contribution in [3.8, 4) is 0 Å². The summed E-state index contributed by atoms with van der Waals surface area (Å²) in [7, 11) is 0. The van der Waals surface area contributed by atoms with E-state index in [1.165, 1.54) is 5.56 Å². The van der Waals surface area contributed by atoms with Crippen LogP contribution >= 0.6 is 0 Å². The standard InChI is InChI=1S/C24H24N4O2/c1-16(23(29)25-13-7-10-17-8-3-2-4-9-17)27-24(30)21-14-19-18-11-5-6-12-20(18)28-22(19)15-26-21/h2-6,8-9,11-12,14-16,28H,7,10,13H2,1H3,(H,25,29)(H,27,30). The van der Waals surface area contributed by atoms with E-state index in [0.29, 0.717) is 6.54 Å². The van der Waals surface area contributed by atoms with Gasteiger partial charge in [-0.25, -0.2) is 4.98 Å². The lowest BCUT2D eigenvalue weighted by Crippen LogP contribution is -2.45. The summed E-state index contributed by atoms with van der Waals surface area (Å²) in [6, 6.07) is 19.2. The van der Waals surface area contributed by atoms with E-state index in [2.05, 4.69) is 32.7 Å². The third kappa shape index (κ3) is 4.33. The lowest BCUT2D eigenvalue weighted by atomic mass is 10.1. The molecular weight excluding hydrogens is 376 g/mol. The molecule has 0 saturated carbocycles. The van der Waals surface area contributed by atoms with E-state index >= 15 is 0 Å². The molecule has 0 radical (unpaired) electrons. The van der Waals surface area contributed by atoms with Gasteiger partial charge in [-0.05, 0) is 37.5 Å². The van der Waals surface area contributed by atoms with Gasteiger partial charge in [-0.1, -0.05) is 48.5 Å². The van der Waals surface area contributed by atoms with Crippen molar-refractivity contribution in [1.82, 2.24) is 20.6 Å². The molecule has 0 aliphatic carbocycles. The average Bonchev–Trinajstić information content (AvgIpc) is 3.15. The van der Waals surface area contributed by atoms with Crippen LogP contribution in [-0.2, 0) is 11.2 Å². The third-order valence-corrected chi connectivity index (χ3v) is 5.15. The van der Waals surface area contributed by atoms with Gasteiger partial charge in [0.05, 0.1) is 11.7 Å². The minimum atomic E-state index is -0.644. The van der Waals surface area contributed by atoms with Gasteiger partial charge in [-0.2, -0.15) is 0 Å². The van der Waals surface area contributed by atoms with Crippen molar-refractivity contribution in [2.45, 2.75) is 25.8 Å². The van der Waals surface area contributed by atoms with Crippen molar-refractivity contribution < 1.29 is 9.59 Å². The van der Waals surface area contributed by atoms with Crippen LogP contribution in [0.4, 0.5) is 0 Å². The molecule has 2 amide bonds. The van der Waals surface area contributed by atoms with Crippen LogP contribution in [-0.4, -0.2) is 34.4 Å². The topological polar surface area (TPSA) is 86.9 Å². The predicted molar refractivity (Wildman–Crippen MR) is 118 cm³/mol. The first kappa shape index (κ1) is 19.6. The number of aryl methyl sites for hydroxylation is 1. The van der Waals surface area contributed by atoms with Crippen molar-refractivity contribution in [3.05, 3.63) is 78.1 Å². The number of fused-ring (bicyclic) bond motifs is 3. The largest absolute Gasteiger partial charge is 0.354 e. The molecule has 1 atom stereocenters. The number of carbonyl (C=O) groups excluding carboxylic acids is 2. The number of H-pyrrole nitrogens is 1. The number of hydrogen-bond donors (Lipinski definition) is 3. The molecule has 152 valence electrons. The molecule has 6 nitrogen and oxygen atoms in total. The molecule has 4 aromatic rings. The highest BCUT2D eigenvalue weighted by Gasteiger charge is 2.18. The molecule has 0 aliphatic rings. The van der Waals surface area contributed by atoms with Crippen LogP contribution in [0.15, 0.2) is 66.9 Å². The summed E-state index contributed by atoms with van der Waals surface area (Å²) in [5.41, 5.74) is 3.40. The van der Waals surface area contributed by atoms with Gasteiger partial charge < -0.3 is 15.6 Å². The zero-order valence-corrected chi connectivity index (χ0v) is 16.8. The molecule has 0 spiro atoms. The Kier molecular flexibility index (Phi) is 5.75. The number of nitrogens with one attached hydrogen (secondary N) is 3. The number of amides is 2. The van der Waals surface area contributed by atoms with Crippen LogP contribution in [0, 0.1) is 0 Å². The molecule has 1 unspecified atom stereocenters. The van der Waals surface area contributed by atoms with Gasteiger partial charge in [0.1, 0.15) is 11.7 Å². The van der Waals surface area contributed by atoms with Gasteiger partial charge in [0.15, 0.2) is 0 Å². The highest BCUT2D eigenvalue weighted by Crippen LogP contribution is 2.24. The quantitative estimate of drug-likeness (QED) is 0.415. The smallest absolute Gasteiger partial charge is 0.270 e. The Morgan fingerprint density at radius 1 is 1.00 bits per heavy atom. The molecule has 3 N–H and O–H groups in total. The van der Waals surface area contributed by atoms with Crippen LogP contribution in [0.5, 0.6) is 0 Å². The number of benzene rings is 2. The average molecular weight is 400 g/mol. The summed E-state index contributed by atoms with van der Waals surface area (Å²) in [4.78, 5) is 32.5. The number of carbonyl (C=O) groups is 2. The Morgan fingerprint density at radius 2 is 1.77 bits per heavy atom. The number of para-hydroxylation sites is 1. The first-order valence-corrected chi connectivity index (χ1v) is 10.1. The van der Waals surface area contributed by atoms with Crippen LogP contribution in [0.1, 0.15) is 29.4 Å². The highest BCUT2D eigenvalue weighted by atomic mass is 16.2. The van der Waals surface area contributed by atoms with Crippen LogP contribution < -0.4 is 10.6 Å². The fourth-order valence-corrected chi connectivity index (χ4v) is 3.51. The third-order valence-electron chi connectivity index (χ3n) is 5.15. The van der Waals surface area contributed by atoms with E-state index in [4.69, 9.17) is 0 Å². The van der Waals surface area contributed by atoms with E-state index in [9.17, 15) is 9.59 Å². The van der Waals surface area contributed by atoms with Crippen molar-refractivity contribution in [1.29, 1.82) is 0 Å². The molecule has 0 saturated heterocycles. The maximum Gasteiger partial charge on any atom is 0.270 e. The first-order chi connectivity index (χ1) is 14.6. The molecule has 2 heterocycles. The molecule has 4 rings (SSSR count). The Morgan fingerprint density at radius 3 is 2.60 bits per heavy atom. The van der Waals surface area contributed by atoms with Crippen molar-refractivity contribution in [2.24, 2.45) is 0 Å². The van der Waals surface area contributed by atoms with Gasteiger partial charge >= 0.3 is 0 Å². The SMILES string of the molecule is CC(NC(=O)c1cc2c(cn1)[nH]c1ccccc12)C(=O)NCCCc1ccccc1. The Bertz CT molecular complexity index is 1180. The second kappa shape index (κ2) is 8.78. The number of nitrogens with zero attached hydrogens (tertiary/aromatic N) is 1. The molecule has 0 bridgehead atoms. The van der Waals surface area contributed by atoms with Crippen LogP contribution in [0.2, 0.25) is 0 Å². The van der Waals surface area contributed by atoms with Gasteiger partial charge in [-0.3, -0.25) is 9.59 Å². The Labute approximate surface area is 174 Å². The normalized spacial score (nSPS) is 12.0.